The van der Waals surface area contributed by atoms with Gasteiger partial charge in [0.25, 0.3) is 5.91 Å². The summed E-state index contributed by atoms with van der Waals surface area (Å²) in [5.41, 5.74) is 1.28. The van der Waals surface area contributed by atoms with Crippen LogP contribution in [-0.2, 0) is 14.6 Å². The summed E-state index contributed by atoms with van der Waals surface area (Å²) >= 11 is 1.58. The quantitative estimate of drug-likeness (QED) is 0.859. The monoisotopic (exact) mass is 380 g/mol. The van der Waals surface area contributed by atoms with E-state index in [2.05, 4.69) is 10.3 Å². The molecule has 2 heterocycles. The Morgan fingerprint density at radius 2 is 2.08 bits per heavy atom. The van der Waals surface area contributed by atoms with E-state index in [4.69, 9.17) is 4.74 Å². The van der Waals surface area contributed by atoms with Crippen molar-refractivity contribution >= 4 is 27.1 Å². The zero-order valence-electron chi connectivity index (χ0n) is 14.1. The van der Waals surface area contributed by atoms with E-state index >= 15 is 0 Å². The second-order valence-corrected chi connectivity index (χ2v) is 9.60. The van der Waals surface area contributed by atoms with Gasteiger partial charge in [0, 0.05) is 16.6 Å². The van der Waals surface area contributed by atoms with Crippen molar-refractivity contribution in [3.8, 4) is 16.3 Å². The number of sulfone groups is 1. The fourth-order valence-corrected chi connectivity index (χ4v) is 5.71. The third-order valence-corrected chi connectivity index (χ3v) is 6.95. The number of carbonyl (C=O) groups is 1. The number of aryl methyl sites for hydroxylation is 1. The molecule has 1 atom stereocenters. The highest BCUT2D eigenvalue weighted by Crippen LogP contribution is 2.26. The van der Waals surface area contributed by atoms with Gasteiger partial charge in [-0.05, 0) is 44.5 Å². The van der Waals surface area contributed by atoms with Gasteiger partial charge in [-0.2, -0.15) is 0 Å². The van der Waals surface area contributed by atoms with Crippen LogP contribution >= 0.6 is 11.3 Å². The van der Waals surface area contributed by atoms with E-state index in [0.29, 0.717) is 12.2 Å². The average Bonchev–Trinajstić information content (AvgIpc) is 3.09. The Bertz CT molecular complexity index is 874. The maximum absolute atomic E-state index is 12.0. The largest absolute Gasteiger partial charge is 0.484 e. The summed E-state index contributed by atoms with van der Waals surface area (Å²) < 4.78 is 28.6. The van der Waals surface area contributed by atoms with Gasteiger partial charge < -0.3 is 10.1 Å². The van der Waals surface area contributed by atoms with E-state index < -0.39 is 15.4 Å². The van der Waals surface area contributed by atoms with E-state index in [1.807, 2.05) is 24.4 Å². The van der Waals surface area contributed by atoms with Crippen LogP contribution in [-0.4, -0.2) is 43.0 Å². The first-order valence-electron chi connectivity index (χ1n) is 7.92. The number of hydrogen-bond donors (Lipinski definition) is 1. The van der Waals surface area contributed by atoms with Crippen molar-refractivity contribution in [2.75, 3.05) is 18.1 Å². The van der Waals surface area contributed by atoms with Gasteiger partial charge in [-0.15, -0.1) is 11.3 Å². The van der Waals surface area contributed by atoms with Gasteiger partial charge in [-0.3, -0.25) is 4.79 Å². The highest BCUT2D eigenvalue weighted by molar-refractivity contribution is 7.91. The van der Waals surface area contributed by atoms with Gasteiger partial charge in [0.2, 0.25) is 0 Å². The van der Waals surface area contributed by atoms with Gasteiger partial charge in [-0.1, -0.05) is 0 Å². The van der Waals surface area contributed by atoms with Crippen LogP contribution in [0.2, 0.25) is 0 Å². The molecule has 0 radical (unpaired) electrons. The molecule has 1 aliphatic heterocycles. The van der Waals surface area contributed by atoms with Crippen LogP contribution in [0.5, 0.6) is 5.75 Å². The molecule has 1 aromatic carbocycles. The van der Waals surface area contributed by atoms with Crippen LogP contribution in [0.15, 0.2) is 29.6 Å². The number of rotatable bonds is 5. The molecule has 1 saturated heterocycles. The molecule has 8 heteroatoms. The number of nitrogens with zero attached hydrogens (tertiary/aromatic N) is 1. The second kappa shape index (κ2) is 6.76. The summed E-state index contributed by atoms with van der Waals surface area (Å²) in [6.07, 6.45) is 0.434. The maximum Gasteiger partial charge on any atom is 0.258 e. The standard InChI is InChI=1S/C17H20N2O4S2/c1-12-10-24-16(18-12)13-3-5-14(6-4-13)23-9-15(20)19-17(2)7-8-25(21,22)11-17/h3-6,10H,7-9,11H2,1-2H3,(H,19,20)/t17-/m0/s1. The molecule has 1 amide bonds. The van der Waals surface area contributed by atoms with Crippen molar-refractivity contribution in [1.29, 1.82) is 0 Å². The molecular weight excluding hydrogens is 360 g/mol. The van der Waals surface area contributed by atoms with Crippen LogP contribution < -0.4 is 10.1 Å². The van der Waals surface area contributed by atoms with E-state index in [9.17, 15) is 13.2 Å². The van der Waals surface area contributed by atoms with Crippen molar-refractivity contribution in [1.82, 2.24) is 10.3 Å². The molecule has 2 aromatic rings. The molecule has 0 spiro atoms. The molecule has 1 aromatic heterocycles. The lowest BCUT2D eigenvalue weighted by atomic mass is 10.0. The van der Waals surface area contributed by atoms with Crippen LogP contribution in [0, 0.1) is 6.92 Å². The number of amides is 1. The Morgan fingerprint density at radius 1 is 1.36 bits per heavy atom. The lowest BCUT2D eigenvalue weighted by Gasteiger charge is -2.23. The van der Waals surface area contributed by atoms with Crippen molar-refractivity contribution in [2.45, 2.75) is 25.8 Å². The van der Waals surface area contributed by atoms with Crippen LogP contribution in [0.4, 0.5) is 0 Å². The average molecular weight is 380 g/mol. The van der Waals surface area contributed by atoms with Crippen molar-refractivity contribution in [3.63, 3.8) is 0 Å². The molecule has 0 bridgehead atoms. The predicted octanol–water partition coefficient (Wildman–Crippen LogP) is 2.19. The third-order valence-electron chi connectivity index (χ3n) is 4.03. The van der Waals surface area contributed by atoms with E-state index in [1.54, 1.807) is 30.4 Å². The maximum atomic E-state index is 12.0. The topological polar surface area (TPSA) is 85.4 Å². The minimum absolute atomic E-state index is 0.0202. The fraction of sp³-hybridized carbons (Fsp3) is 0.412. The van der Waals surface area contributed by atoms with E-state index in [0.717, 1.165) is 16.3 Å². The number of thiazole rings is 1. The minimum atomic E-state index is -3.06. The molecule has 1 fully saturated rings. The lowest BCUT2D eigenvalue weighted by Crippen LogP contribution is -2.48. The highest BCUT2D eigenvalue weighted by Gasteiger charge is 2.39. The zero-order chi connectivity index (χ0) is 18.1. The van der Waals surface area contributed by atoms with Gasteiger partial charge in [-0.25, -0.2) is 13.4 Å². The number of benzene rings is 1. The Morgan fingerprint density at radius 3 is 2.64 bits per heavy atom. The van der Waals surface area contributed by atoms with Gasteiger partial charge in [0.1, 0.15) is 10.8 Å². The number of ether oxygens (including phenoxy) is 1. The smallest absolute Gasteiger partial charge is 0.258 e. The summed E-state index contributed by atoms with van der Waals surface area (Å²) in [7, 11) is -3.06. The summed E-state index contributed by atoms with van der Waals surface area (Å²) in [5, 5.41) is 5.71. The third kappa shape index (κ3) is 4.58. The first kappa shape index (κ1) is 17.9. The van der Waals surface area contributed by atoms with Gasteiger partial charge in [0.15, 0.2) is 16.4 Å². The van der Waals surface area contributed by atoms with E-state index in [1.165, 1.54) is 0 Å². The highest BCUT2D eigenvalue weighted by atomic mass is 32.2. The molecule has 3 rings (SSSR count). The van der Waals surface area contributed by atoms with Crippen LogP contribution in [0.3, 0.4) is 0 Å². The van der Waals surface area contributed by atoms with Crippen molar-refractivity contribution in [3.05, 3.63) is 35.3 Å². The Kier molecular flexibility index (Phi) is 4.83. The number of hydrogen-bond acceptors (Lipinski definition) is 6. The van der Waals surface area contributed by atoms with Crippen molar-refractivity contribution < 1.29 is 17.9 Å². The Hall–Kier alpha value is -1.93. The SMILES string of the molecule is Cc1csc(-c2ccc(OCC(=O)N[C@@]3(C)CCS(=O)(=O)C3)cc2)n1. The second-order valence-electron chi connectivity index (χ2n) is 6.56. The normalized spacial score (nSPS) is 21.8. The van der Waals surface area contributed by atoms with Crippen LogP contribution in [0.25, 0.3) is 10.6 Å². The molecule has 0 aliphatic carbocycles. The van der Waals surface area contributed by atoms with Gasteiger partial charge in [0.05, 0.1) is 17.0 Å². The lowest BCUT2D eigenvalue weighted by molar-refractivity contribution is -0.124. The van der Waals surface area contributed by atoms with E-state index in [-0.39, 0.29) is 24.0 Å². The van der Waals surface area contributed by atoms with Gasteiger partial charge >= 0.3 is 0 Å². The Labute approximate surface area is 151 Å². The summed E-state index contributed by atoms with van der Waals surface area (Å²) in [6.45, 7) is 3.55. The fourth-order valence-electron chi connectivity index (χ4n) is 2.81. The summed E-state index contributed by atoms with van der Waals surface area (Å²) in [4.78, 5) is 16.5. The Balaban J connectivity index is 1.54. The molecule has 134 valence electrons. The molecule has 1 N–H and O–H groups in total. The van der Waals surface area contributed by atoms with Crippen molar-refractivity contribution in [2.24, 2.45) is 0 Å². The number of aromatic nitrogens is 1. The minimum Gasteiger partial charge on any atom is -0.484 e. The molecule has 25 heavy (non-hydrogen) atoms. The first-order valence-corrected chi connectivity index (χ1v) is 10.6. The number of carbonyl (C=O) groups excluding carboxylic acids is 1. The summed E-state index contributed by atoms with van der Waals surface area (Å²) in [6, 6.07) is 7.38. The molecule has 0 unspecified atom stereocenters. The molecule has 0 saturated carbocycles. The molecular formula is C17H20N2O4S2. The number of nitrogens with one attached hydrogen (secondary N) is 1. The predicted molar refractivity (Wildman–Crippen MR) is 97.6 cm³/mol. The first-order chi connectivity index (χ1) is 11.7. The zero-order valence-corrected chi connectivity index (χ0v) is 15.7. The molecule has 6 nitrogen and oxygen atoms in total. The molecule has 1 aliphatic rings. The van der Waals surface area contributed by atoms with Crippen LogP contribution in [0.1, 0.15) is 19.0 Å². The summed E-state index contributed by atoms with van der Waals surface area (Å²) in [5.74, 6) is 0.353.